The maximum atomic E-state index is 12.2. The van der Waals surface area contributed by atoms with E-state index in [0.29, 0.717) is 31.7 Å². The van der Waals surface area contributed by atoms with E-state index < -0.39 is 0 Å². The van der Waals surface area contributed by atoms with E-state index in [1.807, 2.05) is 13.8 Å². The van der Waals surface area contributed by atoms with Crippen LogP contribution >= 0.6 is 0 Å². The van der Waals surface area contributed by atoms with Crippen molar-refractivity contribution in [2.75, 3.05) is 26.2 Å². The second-order valence-corrected chi connectivity index (χ2v) is 5.12. The lowest BCUT2D eigenvalue weighted by Crippen LogP contribution is -2.54. The molecule has 6 heteroatoms. The fourth-order valence-corrected chi connectivity index (χ4v) is 2.13. The lowest BCUT2D eigenvalue weighted by atomic mass is 10.2. The Hall–Kier alpha value is -2.11. The van der Waals surface area contributed by atoms with Crippen molar-refractivity contribution in [3.05, 3.63) is 30.1 Å². The monoisotopic (exact) mass is 276 g/mol. The Balaban J connectivity index is 1.88. The minimum Gasteiger partial charge on any atom is -0.336 e. The van der Waals surface area contributed by atoms with E-state index in [2.05, 4.69) is 10.3 Å². The molecule has 6 nitrogen and oxygen atoms in total. The van der Waals surface area contributed by atoms with E-state index >= 15 is 0 Å². The van der Waals surface area contributed by atoms with Crippen molar-refractivity contribution in [2.24, 2.45) is 0 Å². The van der Waals surface area contributed by atoms with Crippen LogP contribution in [0.1, 0.15) is 24.2 Å². The first-order valence-corrected chi connectivity index (χ1v) is 6.82. The van der Waals surface area contributed by atoms with Gasteiger partial charge < -0.3 is 15.1 Å². The van der Waals surface area contributed by atoms with Gasteiger partial charge in [0.05, 0.1) is 0 Å². The quantitative estimate of drug-likeness (QED) is 0.875. The Kier molecular flexibility index (Phi) is 4.55. The normalized spacial score (nSPS) is 15.3. The number of hydrogen-bond donors (Lipinski definition) is 1. The Morgan fingerprint density at radius 1 is 1.10 bits per heavy atom. The molecule has 2 heterocycles. The molecule has 1 aliphatic rings. The van der Waals surface area contributed by atoms with Gasteiger partial charge in [0, 0.05) is 50.2 Å². The van der Waals surface area contributed by atoms with E-state index in [1.54, 1.807) is 34.3 Å². The van der Waals surface area contributed by atoms with Gasteiger partial charge in [0.2, 0.25) is 0 Å². The summed E-state index contributed by atoms with van der Waals surface area (Å²) in [6.45, 7) is 6.12. The number of nitrogens with zero attached hydrogens (tertiary/aromatic N) is 3. The smallest absolute Gasteiger partial charge is 0.317 e. The highest BCUT2D eigenvalue weighted by Gasteiger charge is 2.24. The molecule has 3 amide bonds. The summed E-state index contributed by atoms with van der Waals surface area (Å²) in [5, 5.41) is 2.86. The Labute approximate surface area is 118 Å². The van der Waals surface area contributed by atoms with Gasteiger partial charge in [0.25, 0.3) is 5.91 Å². The minimum absolute atomic E-state index is 0.00341. The molecule has 0 spiro atoms. The summed E-state index contributed by atoms with van der Waals surface area (Å²) in [4.78, 5) is 31.5. The molecule has 1 N–H and O–H groups in total. The molecule has 0 aliphatic carbocycles. The van der Waals surface area contributed by atoms with E-state index in [1.165, 1.54) is 0 Å². The average Bonchev–Trinajstić information content (AvgIpc) is 2.47. The second-order valence-electron chi connectivity index (χ2n) is 5.12. The van der Waals surface area contributed by atoms with Crippen LogP contribution in [0.15, 0.2) is 24.5 Å². The van der Waals surface area contributed by atoms with Crippen molar-refractivity contribution in [1.82, 2.24) is 20.1 Å². The number of amides is 3. The van der Waals surface area contributed by atoms with Gasteiger partial charge in [-0.1, -0.05) is 0 Å². The third-order valence-corrected chi connectivity index (χ3v) is 3.19. The van der Waals surface area contributed by atoms with Crippen molar-refractivity contribution in [2.45, 2.75) is 19.9 Å². The SMILES string of the molecule is CC(C)NC(=O)N1CCN(C(=O)c2ccncc2)CC1. The van der Waals surface area contributed by atoms with Crippen LogP contribution in [0.5, 0.6) is 0 Å². The predicted octanol–water partition coefficient (Wildman–Crippen LogP) is 0.957. The van der Waals surface area contributed by atoms with Crippen LogP contribution < -0.4 is 5.32 Å². The lowest BCUT2D eigenvalue weighted by Gasteiger charge is -2.35. The maximum Gasteiger partial charge on any atom is 0.317 e. The van der Waals surface area contributed by atoms with Gasteiger partial charge in [-0.2, -0.15) is 0 Å². The number of hydrogen-bond acceptors (Lipinski definition) is 3. The maximum absolute atomic E-state index is 12.2. The van der Waals surface area contributed by atoms with Gasteiger partial charge in [-0.3, -0.25) is 9.78 Å². The van der Waals surface area contributed by atoms with Crippen LogP contribution in [0.4, 0.5) is 4.79 Å². The minimum atomic E-state index is -0.0592. The van der Waals surface area contributed by atoms with Gasteiger partial charge in [-0.25, -0.2) is 4.79 Å². The molecule has 1 aromatic heterocycles. The highest BCUT2D eigenvalue weighted by Crippen LogP contribution is 2.08. The van der Waals surface area contributed by atoms with Crippen LogP contribution in [0.25, 0.3) is 0 Å². The molecule has 1 aromatic rings. The summed E-state index contributed by atoms with van der Waals surface area (Å²) >= 11 is 0. The fourth-order valence-electron chi connectivity index (χ4n) is 2.13. The Morgan fingerprint density at radius 3 is 2.20 bits per heavy atom. The summed E-state index contributed by atoms with van der Waals surface area (Å²) < 4.78 is 0. The number of carbonyl (C=O) groups excluding carboxylic acids is 2. The molecule has 0 bridgehead atoms. The first kappa shape index (κ1) is 14.3. The van der Waals surface area contributed by atoms with Gasteiger partial charge in [0.15, 0.2) is 0 Å². The topological polar surface area (TPSA) is 65.5 Å². The highest BCUT2D eigenvalue weighted by molar-refractivity contribution is 5.94. The number of rotatable bonds is 2. The summed E-state index contributed by atoms with van der Waals surface area (Å²) in [5.41, 5.74) is 0.639. The first-order chi connectivity index (χ1) is 9.58. The average molecular weight is 276 g/mol. The number of carbonyl (C=O) groups is 2. The standard InChI is InChI=1S/C14H20N4O2/c1-11(2)16-14(20)18-9-7-17(8-10-18)13(19)12-3-5-15-6-4-12/h3-6,11H,7-10H2,1-2H3,(H,16,20). The third kappa shape index (κ3) is 3.46. The molecule has 0 unspecified atom stereocenters. The molecule has 1 fully saturated rings. The van der Waals surface area contributed by atoms with Crippen molar-refractivity contribution < 1.29 is 9.59 Å². The summed E-state index contributed by atoms with van der Waals surface area (Å²) in [7, 11) is 0. The third-order valence-electron chi connectivity index (χ3n) is 3.19. The van der Waals surface area contributed by atoms with E-state index in [4.69, 9.17) is 0 Å². The van der Waals surface area contributed by atoms with Gasteiger partial charge >= 0.3 is 6.03 Å². The number of nitrogens with one attached hydrogen (secondary N) is 1. The van der Waals surface area contributed by atoms with Gasteiger partial charge in [-0.15, -0.1) is 0 Å². The first-order valence-electron chi connectivity index (χ1n) is 6.82. The number of aromatic nitrogens is 1. The highest BCUT2D eigenvalue weighted by atomic mass is 16.2. The number of urea groups is 1. The van der Waals surface area contributed by atoms with Crippen LogP contribution in [0.3, 0.4) is 0 Å². The molecule has 1 aliphatic heterocycles. The summed E-state index contributed by atoms with van der Waals surface area (Å²) in [5.74, 6) is -0.00341. The van der Waals surface area contributed by atoms with E-state index in [9.17, 15) is 9.59 Å². The zero-order valence-electron chi connectivity index (χ0n) is 11.9. The molecule has 2 rings (SSSR count). The Morgan fingerprint density at radius 2 is 1.65 bits per heavy atom. The molecule has 20 heavy (non-hydrogen) atoms. The Bertz CT molecular complexity index is 467. The zero-order chi connectivity index (χ0) is 14.5. The van der Waals surface area contributed by atoms with Crippen molar-refractivity contribution in [1.29, 1.82) is 0 Å². The molecule has 0 saturated carbocycles. The zero-order valence-corrected chi connectivity index (χ0v) is 11.9. The van der Waals surface area contributed by atoms with Gasteiger partial charge in [-0.05, 0) is 26.0 Å². The number of pyridine rings is 1. The van der Waals surface area contributed by atoms with Crippen LogP contribution in [-0.2, 0) is 0 Å². The molecule has 0 aromatic carbocycles. The molecule has 1 saturated heterocycles. The van der Waals surface area contributed by atoms with E-state index in [0.717, 1.165) is 0 Å². The second kappa shape index (κ2) is 6.36. The van der Waals surface area contributed by atoms with Crippen LogP contribution in [0.2, 0.25) is 0 Å². The molecular formula is C14H20N4O2. The molecular weight excluding hydrogens is 256 g/mol. The van der Waals surface area contributed by atoms with Crippen molar-refractivity contribution in [3.8, 4) is 0 Å². The van der Waals surface area contributed by atoms with Crippen molar-refractivity contribution in [3.63, 3.8) is 0 Å². The lowest BCUT2D eigenvalue weighted by molar-refractivity contribution is 0.0664. The largest absolute Gasteiger partial charge is 0.336 e. The predicted molar refractivity (Wildman–Crippen MR) is 75.4 cm³/mol. The molecule has 0 radical (unpaired) electrons. The number of piperazine rings is 1. The summed E-state index contributed by atoms with van der Waals surface area (Å²) in [6.07, 6.45) is 3.22. The molecule has 0 atom stereocenters. The van der Waals surface area contributed by atoms with Crippen molar-refractivity contribution >= 4 is 11.9 Å². The van der Waals surface area contributed by atoms with Gasteiger partial charge in [0.1, 0.15) is 0 Å². The van der Waals surface area contributed by atoms with Crippen LogP contribution in [0, 0.1) is 0 Å². The molecule has 108 valence electrons. The van der Waals surface area contributed by atoms with E-state index in [-0.39, 0.29) is 18.0 Å². The van der Waals surface area contributed by atoms with Crippen LogP contribution in [-0.4, -0.2) is 58.9 Å². The fraction of sp³-hybridized carbons (Fsp3) is 0.500. The summed E-state index contributed by atoms with van der Waals surface area (Å²) in [6, 6.07) is 3.48.